The minimum Gasteiger partial charge on any atom is -0.323 e. The second-order valence-corrected chi connectivity index (χ2v) is 8.31. The summed E-state index contributed by atoms with van der Waals surface area (Å²) in [6.45, 7) is 3.81. The summed E-state index contributed by atoms with van der Waals surface area (Å²) in [4.78, 5) is 5.59. The van der Waals surface area contributed by atoms with E-state index in [9.17, 15) is 8.42 Å². The minimum atomic E-state index is -3.01. The van der Waals surface area contributed by atoms with Crippen molar-refractivity contribution in [3.63, 3.8) is 0 Å². The maximum Gasteiger partial charge on any atom is 0.156 e. The standard InChI is InChI=1S/C12H20N2O2S2/c1-3-6-18(15,16)7-10-14-11(9-4-5-9)12(17-10)8(2)13/h8-9H,3-7,13H2,1-2H3. The SMILES string of the molecule is CCCS(=O)(=O)Cc1nc(C2CC2)c(C(C)N)s1. The first-order valence-electron chi connectivity index (χ1n) is 6.38. The summed E-state index contributed by atoms with van der Waals surface area (Å²) in [7, 11) is -3.01. The van der Waals surface area contributed by atoms with E-state index < -0.39 is 9.84 Å². The van der Waals surface area contributed by atoms with Crippen LogP contribution in [0.15, 0.2) is 0 Å². The molecule has 1 aromatic rings. The smallest absolute Gasteiger partial charge is 0.156 e. The van der Waals surface area contributed by atoms with Crippen LogP contribution in [0.25, 0.3) is 0 Å². The lowest BCUT2D eigenvalue weighted by Crippen LogP contribution is -2.08. The van der Waals surface area contributed by atoms with Crippen LogP contribution >= 0.6 is 11.3 Å². The number of hydrogen-bond donors (Lipinski definition) is 1. The van der Waals surface area contributed by atoms with Crippen LogP contribution in [0.1, 0.15) is 60.6 Å². The Morgan fingerprint density at radius 1 is 1.50 bits per heavy atom. The highest BCUT2D eigenvalue weighted by molar-refractivity contribution is 7.90. The molecule has 0 aromatic carbocycles. The molecular formula is C12H20N2O2S2. The van der Waals surface area contributed by atoms with Gasteiger partial charge in [0.15, 0.2) is 9.84 Å². The fourth-order valence-corrected chi connectivity index (χ4v) is 4.88. The Labute approximate surface area is 113 Å². The molecule has 102 valence electrons. The second-order valence-electron chi connectivity index (χ2n) is 5.01. The van der Waals surface area contributed by atoms with Crippen molar-refractivity contribution in [3.8, 4) is 0 Å². The highest BCUT2D eigenvalue weighted by Crippen LogP contribution is 2.44. The quantitative estimate of drug-likeness (QED) is 0.872. The largest absolute Gasteiger partial charge is 0.323 e. The zero-order valence-corrected chi connectivity index (χ0v) is 12.5. The maximum atomic E-state index is 11.8. The number of thiazole rings is 1. The molecule has 1 aliphatic carbocycles. The highest BCUT2D eigenvalue weighted by atomic mass is 32.2. The average Bonchev–Trinajstić information content (AvgIpc) is 3.00. The third-order valence-corrected chi connectivity index (χ3v) is 6.16. The van der Waals surface area contributed by atoms with Gasteiger partial charge in [-0.2, -0.15) is 0 Å². The van der Waals surface area contributed by atoms with Crippen LogP contribution in [-0.4, -0.2) is 19.2 Å². The van der Waals surface area contributed by atoms with Crippen molar-refractivity contribution in [2.24, 2.45) is 5.73 Å². The van der Waals surface area contributed by atoms with Crippen LogP contribution in [0.5, 0.6) is 0 Å². The molecule has 4 nitrogen and oxygen atoms in total. The molecule has 1 aliphatic rings. The summed E-state index contributed by atoms with van der Waals surface area (Å²) in [5, 5.41) is 0.706. The molecule has 0 amide bonds. The minimum absolute atomic E-state index is 0.0549. The number of aromatic nitrogens is 1. The molecule has 2 rings (SSSR count). The van der Waals surface area contributed by atoms with Gasteiger partial charge in [-0.25, -0.2) is 13.4 Å². The van der Waals surface area contributed by atoms with Gasteiger partial charge < -0.3 is 5.73 Å². The van der Waals surface area contributed by atoms with Crippen LogP contribution in [0.4, 0.5) is 0 Å². The number of nitrogens with two attached hydrogens (primary N) is 1. The first-order valence-corrected chi connectivity index (χ1v) is 9.02. The average molecular weight is 288 g/mol. The number of nitrogens with zero attached hydrogens (tertiary/aromatic N) is 1. The van der Waals surface area contributed by atoms with Gasteiger partial charge in [0.2, 0.25) is 0 Å². The van der Waals surface area contributed by atoms with Gasteiger partial charge in [-0.3, -0.25) is 0 Å². The molecule has 1 atom stereocenters. The Balaban J connectivity index is 2.22. The lowest BCUT2D eigenvalue weighted by atomic mass is 10.2. The summed E-state index contributed by atoms with van der Waals surface area (Å²) in [5.74, 6) is 0.821. The summed E-state index contributed by atoms with van der Waals surface area (Å²) in [5.41, 5.74) is 6.99. The van der Waals surface area contributed by atoms with E-state index in [1.165, 1.54) is 11.3 Å². The molecule has 0 bridgehead atoms. The van der Waals surface area contributed by atoms with Gasteiger partial charge in [0.05, 0.1) is 11.4 Å². The Hall–Kier alpha value is -0.460. The van der Waals surface area contributed by atoms with Crippen molar-refractivity contribution in [3.05, 3.63) is 15.6 Å². The lowest BCUT2D eigenvalue weighted by Gasteiger charge is -2.02. The van der Waals surface area contributed by atoms with Crippen LogP contribution in [0.2, 0.25) is 0 Å². The number of sulfone groups is 1. The second kappa shape index (κ2) is 5.27. The van der Waals surface area contributed by atoms with E-state index in [-0.39, 0.29) is 17.5 Å². The van der Waals surface area contributed by atoms with Crippen molar-refractivity contribution >= 4 is 21.2 Å². The molecule has 6 heteroatoms. The van der Waals surface area contributed by atoms with Gasteiger partial charge in [-0.05, 0) is 26.2 Å². The molecular weight excluding hydrogens is 268 g/mol. The molecule has 0 saturated heterocycles. The molecule has 0 radical (unpaired) electrons. The molecule has 0 aliphatic heterocycles. The van der Waals surface area contributed by atoms with Crippen LogP contribution in [0.3, 0.4) is 0 Å². The summed E-state index contributed by atoms with van der Waals surface area (Å²) >= 11 is 1.47. The fraction of sp³-hybridized carbons (Fsp3) is 0.750. The predicted octanol–water partition coefficient (Wildman–Crippen LogP) is 2.37. The Morgan fingerprint density at radius 2 is 2.17 bits per heavy atom. The van der Waals surface area contributed by atoms with E-state index in [0.717, 1.165) is 23.4 Å². The monoisotopic (exact) mass is 288 g/mol. The van der Waals surface area contributed by atoms with Gasteiger partial charge in [-0.15, -0.1) is 11.3 Å². The summed E-state index contributed by atoms with van der Waals surface area (Å²) < 4.78 is 23.6. The Kier molecular flexibility index (Phi) is 4.08. The zero-order valence-electron chi connectivity index (χ0n) is 10.8. The molecule has 1 saturated carbocycles. The molecule has 2 N–H and O–H groups in total. The molecule has 1 heterocycles. The van der Waals surface area contributed by atoms with E-state index >= 15 is 0 Å². The van der Waals surface area contributed by atoms with Crippen molar-refractivity contribution in [1.82, 2.24) is 4.98 Å². The first kappa shape index (κ1) is 14.0. The normalized spacial score (nSPS) is 17.9. The molecule has 0 spiro atoms. The summed E-state index contributed by atoms with van der Waals surface area (Å²) in [6, 6.07) is -0.0549. The van der Waals surface area contributed by atoms with Gasteiger partial charge in [0, 0.05) is 16.8 Å². The third kappa shape index (κ3) is 3.30. The Bertz CT molecular complexity index is 497. The van der Waals surface area contributed by atoms with Crippen LogP contribution in [0, 0.1) is 0 Å². The van der Waals surface area contributed by atoms with E-state index in [4.69, 9.17) is 5.73 Å². The maximum absolute atomic E-state index is 11.8. The molecule has 18 heavy (non-hydrogen) atoms. The topological polar surface area (TPSA) is 73.0 Å². The Morgan fingerprint density at radius 3 is 2.67 bits per heavy atom. The van der Waals surface area contributed by atoms with Gasteiger partial charge in [0.1, 0.15) is 10.8 Å². The zero-order chi connectivity index (χ0) is 13.3. The predicted molar refractivity (Wildman–Crippen MR) is 74.5 cm³/mol. The first-order chi connectivity index (χ1) is 8.43. The summed E-state index contributed by atoms with van der Waals surface area (Å²) in [6.07, 6.45) is 2.97. The lowest BCUT2D eigenvalue weighted by molar-refractivity contribution is 0.593. The van der Waals surface area contributed by atoms with E-state index in [1.807, 2.05) is 13.8 Å². The van der Waals surface area contributed by atoms with E-state index in [2.05, 4.69) is 4.98 Å². The molecule has 1 unspecified atom stereocenters. The van der Waals surface area contributed by atoms with Crippen LogP contribution in [-0.2, 0) is 15.6 Å². The van der Waals surface area contributed by atoms with Crippen molar-refractivity contribution < 1.29 is 8.42 Å². The number of rotatable bonds is 6. The van der Waals surface area contributed by atoms with Crippen molar-refractivity contribution in [2.45, 2.75) is 50.8 Å². The fourth-order valence-electron chi connectivity index (χ4n) is 2.00. The van der Waals surface area contributed by atoms with Gasteiger partial charge >= 0.3 is 0 Å². The van der Waals surface area contributed by atoms with Gasteiger partial charge in [-0.1, -0.05) is 6.92 Å². The van der Waals surface area contributed by atoms with E-state index in [0.29, 0.717) is 17.3 Å². The van der Waals surface area contributed by atoms with Crippen molar-refractivity contribution in [2.75, 3.05) is 5.75 Å². The van der Waals surface area contributed by atoms with Gasteiger partial charge in [0.25, 0.3) is 0 Å². The third-order valence-electron chi connectivity index (χ3n) is 2.96. The highest BCUT2D eigenvalue weighted by Gasteiger charge is 2.31. The molecule has 1 aromatic heterocycles. The number of hydrogen-bond acceptors (Lipinski definition) is 5. The van der Waals surface area contributed by atoms with Crippen molar-refractivity contribution in [1.29, 1.82) is 0 Å². The van der Waals surface area contributed by atoms with E-state index in [1.54, 1.807) is 0 Å². The molecule has 1 fully saturated rings. The van der Waals surface area contributed by atoms with Crippen LogP contribution < -0.4 is 5.73 Å².